The minimum Gasteiger partial charge on any atom is -0.481 e. The maximum atomic E-state index is 11.9. The highest BCUT2D eigenvalue weighted by Gasteiger charge is 2.34. The summed E-state index contributed by atoms with van der Waals surface area (Å²) in [7, 11) is 0. The lowest BCUT2D eigenvalue weighted by molar-refractivity contribution is -0.141. The van der Waals surface area contributed by atoms with Crippen LogP contribution in [0.15, 0.2) is 0 Å². The zero-order valence-corrected chi connectivity index (χ0v) is 11.5. The molecule has 98 valence electrons. The Kier molecular flexibility index (Phi) is 4.86. The Balaban J connectivity index is 2.37. The van der Waals surface area contributed by atoms with E-state index in [1.807, 2.05) is 6.26 Å². The van der Waals surface area contributed by atoms with E-state index in [-0.39, 0.29) is 22.5 Å². The first-order valence-corrected chi connectivity index (χ1v) is 7.14. The standard InChI is InChI=1S/C12H21NO3S/c1-12(2,17-3)7-13-10(14)8-4-5-9(6-8)11(15)16/h8-9H,4-7H2,1-3H3,(H,13,14)(H,15,16). The molecule has 0 heterocycles. The Morgan fingerprint density at radius 2 is 1.94 bits per heavy atom. The number of carbonyl (C=O) groups is 2. The molecule has 1 aliphatic carbocycles. The van der Waals surface area contributed by atoms with Crippen LogP contribution >= 0.6 is 11.8 Å². The number of thioether (sulfide) groups is 1. The molecule has 1 amide bonds. The first-order valence-electron chi connectivity index (χ1n) is 5.91. The number of hydrogen-bond donors (Lipinski definition) is 2. The van der Waals surface area contributed by atoms with Crippen LogP contribution in [0.4, 0.5) is 0 Å². The Morgan fingerprint density at radius 3 is 2.41 bits per heavy atom. The molecule has 0 aromatic rings. The topological polar surface area (TPSA) is 66.4 Å². The lowest BCUT2D eigenvalue weighted by atomic mass is 10.0. The zero-order valence-electron chi connectivity index (χ0n) is 10.7. The molecule has 0 aromatic carbocycles. The molecule has 0 saturated heterocycles. The first-order chi connectivity index (χ1) is 7.85. The van der Waals surface area contributed by atoms with Gasteiger partial charge in [0.25, 0.3) is 0 Å². The smallest absolute Gasteiger partial charge is 0.306 e. The van der Waals surface area contributed by atoms with Crippen LogP contribution in [0.2, 0.25) is 0 Å². The summed E-state index contributed by atoms with van der Waals surface area (Å²) in [5, 5.41) is 11.8. The van der Waals surface area contributed by atoms with Gasteiger partial charge in [-0.15, -0.1) is 0 Å². The van der Waals surface area contributed by atoms with Crippen LogP contribution < -0.4 is 5.32 Å². The van der Waals surface area contributed by atoms with Crippen molar-refractivity contribution >= 4 is 23.6 Å². The van der Waals surface area contributed by atoms with Crippen molar-refractivity contribution in [2.24, 2.45) is 11.8 Å². The lowest BCUT2D eigenvalue weighted by Gasteiger charge is -2.23. The molecule has 0 bridgehead atoms. The average molecular weight is 259 g/mol. The molecule has 2 atom stereocenters. The summed E-state index contributed by atoms with van der Waals surface area (Å²) in [5.74, 6) is -1.21. The second-order valence-corrected chi connectivity index (χ2v) is 6.74. The van der Waals surface area contributed by atoms with Crippen LogP contribution in [0.5, 0.6) is 0 Å². The number of carboxylic acids is 1. The fraction of sp³-hybridized carbons (Fsp3) is 0.833. The third-order valence-electron chi connectivity index (χ3n) is 3.39. The number of carboxylic acid groups (broad SMARTS) is 1. The Hall–Kier alpha value is -0.710. The molecular formula is C12H21NO3S. The molecule has 4 nitrogen and oxygen atoms in total. The van der Waals surface area contributed by atoms with Crippen LogP contribution in [-0.4, -0.2) is 34.5 Å². The number of amides is 1. The van der Waals surface area contributed by atoms with E-state index in [4.69, 9.17) is 5.11 Å². The summed E-state index contributed by atoms with van der Waals surface area (Å²) in [6.07, 6.45) is 3.82. The van der Waals surface area contributed by atoms with Crippen molar-refractivity contribution in [1.29, 1.82) is 0 Å². The molecule has 0 radical (unpaired) electrons. The molecule has 0 aromatic heterocycles. The normalized spacial score (nSPS) is 24.6. The number of nitrogens with one attached hydrogen (secondary N) is 1. The molecule has 1 aliphatic rings. The Morgan fingerprint density at radius 1 is 1.35 bits per heavy atom. The first kappa shape index (κ1) is 14.4. The van der Waals surface area contributed by atoms with Crippen molar-refractivity contribution < 1.29 is 14.7 Å². The van der Waals surface area contributed by atoms with Crippen molar-refractivity contribution in [3.05, 3.63) is 0 Å². The van der Waals surface area contributed by atoms with Gasteiger partial charge in [-0.1, -0.05) is 0 Å². The van der Waals surface area contributed by atoms with Gasteiger partial charge in [-0.05, 0) is 39.4 Å². The second-order valence-electron chi connectivity index (χ2n) is 5.23. The van der Waals surface area contributed by atoms with Gasteiger partial charge in [0.2, 0.25) is 5.91 Å². The van der Waals surface area contributed by atoms with Crippen molar-refractivity contribution in [3.8, 4) is 0 Å². The van der Waals surface area contributed by atoms with Gasteiger partial charge >= 0.3 is 5.97 Å². The van der Waals surface area contributed by atoms with Crippen LogP contribution in [-0.2, 0) is 9.59 Å². The zero-order chi connectivity index (χ0) is 13.1. The number of carbonyl (C=O) groups excluding carboxylic acids is 1. The minimum atomic E-state index is -0.773. The van der Waals surface area contributed by atoms with Gasteiger partial charge in [0, 0.05) is 17.2 Å². The van der Waals surface area contributed by atoms with Gasteiger partial charge in [0.1, 0.15) is 0 Å². The summed E-state index contributed by atoms with van der Waals surface area (Å²) in [6, 6.07) is 0. The molecule has 1 saturated carbocycles. The maximum Gasteiger partial charge on any atom is 0.306 e. The van der Waals surface area contributed by atoms with Gasteiger partial charge in [-0.2, -0.15) is 11.8 Å². The minimum absolute atomic E-state index is 0.0101. The predicted octanol–water partition coefficient (Wildman–Crippen LogP) is 1.75. The molecule has 0 aliphatic heterocycles. The molecular weight excluding hydrogens is 238 g/mol. The molecule has 2 unspecified atom stereocenters. The quantitative estimate of drug-likeness (QED) is 0.789. The van der Waals surface area contributed by atoms with E-state index < -0.39 is 5.97 Å². The van der Waals surface area contributed by atoms with E-state index in [9.17, 15) is 9.59 Å². The van der Waals surface area contributed by atoms with E-state index in [2.05, 4.69) is 19.2 Å². The maximum absolute atomic E-state index is 11.9. The fourth-order valence-corrected chi connectivity index (χ4v) is 2.18. The van der Waals surface area contributed by atoms with Crippen LogP contribution in [0.1, 0.15) is 33.1 Å². The summed E-state index contributed by atoms with van der Waals surface area (Å²) < 4.78 is 0.0282. The highest BCUT2D eigenvalue weighted by Crippen LogP contribution is 2.31. The van der Waals surface area contributed by atoms with Crippen LogP contribution in [0, 0.1) is 11.8 Å². The third-order valence-corrected chi connectivity index (χ3v) is 4.64. The molecule has 5 heteroatoms. The largest absolute Gasteiger partial charge is 0.481 e. The van der Waals surface area contributed by atoms with Crippen molar-refractivity contribution in [3.63, 3.8) is 0 Å². The van der Waals surface area contributed by atoms with E-state index in [1.165, 1.54) is 0 Å². The molecule has 1 fully saturated rings. The number of aliphatic carboxylic acids is 1. The highest BCUT2D eigenvalue weighted by atomic mass is 32.2. The van der Waals surface area contributed by atoms with Crippen molar-refractivity contribution in [2.45, 2.75) is 37.9 Å². The van der Waals surface area contributed by atoms with Gasteiger partial charge in [-0.25, -0.2) is 0 Å². The number of rotatable bonds is 5. The van der Waals surface area contributed by atoms with E-state index in [0.29, 0.717) is 25.8 Å². The van der Waals surface area contributed by atoms with Gasteiger partial charge in [0.05, 0.1) is 5.92 Å². The summed E-state index contributed by atoms with van der Waals surface area (Å²) in [6.45, 7) is 4.78. The summed E-state index contributed by atoms with van der Waals surface area (Å²) in [5.41, 5.74) is 0. The fourth-order valence-electron chi connectivity index (χ4n) is 1.96. The Labute approximate surface area is 107 Å². The molecule has 2 N–H and O–H groups in total. The number of hydrogen-bond acceptors (Lipinski definition) is 3. The van der Waals surface area contributed by atoms with Crippen LogP contribution in [0.25, 0.3) is 0 Å². The van der Waals surface area contributed by atoms with Gasteiger partial charge in [0.15, 0.2) is 0 Å². The monoisotopic (exact) mass is 259 g/mol. The van der Waals surface area contributed by atoms with Gasteiger partial charge in [-0.3, -0.25) is 9.59 Å². The second kappa shape index (κ2) is 5.76. The van der Waals surface area contributed by atoms with Crippen molar-refractivity contribution in [2.75, 3.05) is 12.8 Å². The summed E-state index contributed by atoms with van der Waals surface area (Å²) >= 11 is 1.71. The van der Waals surface area contributed by atoms with E-state index >= 15 is 0 Å². The van der Waals surface area contributed by atoms with E-state index in [0.717, 1.165) is 0 Å². The molecule has 0 spiro atoms. The summed E-state index contributed by atoms with van der Waals surface area (Å²) in [4.78, 5) is 22.7. The molecule has 17 heavy (non-hydrogen) atoms. The average Bonchev–Trinajstić information content (AvgIpc) is 2.75. The SMILES string of the molecule is CSC(C)(C)CNC(=O)C1CCC(C(=O)O)C1. The molecule has 1 rings (SSSR count). The van der Waals surface area contributed by atoms with Crippen LogP contribution in [0.3, 0.4) is 0 Å². The Bertz CT molecular complexity index is 304. The van der Waals surface area contributed by atoms with E-state index in [1.54, 1.807) is 11.8 Å². The third kappa shape index (κ3) is 4.22. The van der Waals surface area contributed by atoms with Gasteiger partial charge < -0.3 is 10.4 Å². The predicted molar refractivity (Wildman–Crippen MR) is 69.1 cm³/mol. The van der Waals surface area contributed by atoms with Crippen molar-refractivity contribution in [1.82, 2.24) is 5.32 Å². The highest BCUT2D eigenvalue weighted by molar-refractivity contribution is 7.99. The lowest BCUT2D eigenvalue weighted by Crippen LogP contribution is -2.38.